The molecule has 21 heavy (non-hydrogen) atoms. The normalized spacial score (nSPS) is 14.1. The lowest BCUT2D eigenvalue weighted by Crippen LogP contribution is -2.57. The summed E-state index contributed by atoms with van der Waals surface area (Å²) in [5, 5.41) is 21.5. The standard InChI is InChI=1S/C13H17ClN2O5/c1-12(2,3)21-11(19)16-13(20,10(17)18)6-9-5-4-8(14)7-15-9/h4-5,7,20H,6H2,1-3H3,(H,16,19)(H,17,18). The van der Waals surface area contributed by atoms with Crippen molar-refractivity contribution in [3.8, 4) is 0 Å². The summed E-state index contributed by atoms with van der Waals surface area (Å²) in [7, 11) is 0. The number of carboxylic acids is 1. The van der Waals surface area contributed by atoms with Gasteiger partial charge in [0.2, 0.25) is 5.72 Å². The molecular formula is C13H17ClN2O5. The number of pyridine rings is 1. The van der Waals surface area contributed by atoms with E-state index in [-0.39, 0.29) is 5.69 Å². The average Bonchev–Trinajstić information content (AvgIpc) is 2.29. The highest BCUT2D eigenvalue weighted by molar-refractivity contribution is 6.30. The molecule has 0 aliphatic rings. The molecule has 1 rings (SSSR count). The van der Waals surface area contributed by atoms with Crippen LogP contribution in [0.3, 0.4) is 0 Å². The smallest absolute Gasteiger partial charge is 0.410 e. The van der Waals surface area contributed by atoms with E-state index in [1.807, 2.05) is 5.32 Å². The molecule has 0 fully saturated rings. The zero-order valence-corrected chi connectivity index (χ0v) is 12.6. The van der Waals surface area contributed by atoms with Gasteiger partial charge in [0.15, 0.2) is 0 Å². The second-order valence-corrected chi connectivity index (χ2v) is 5.87. The molecule has 0 saturated heterocycles. The van der Waals surface area contributed by atoms with Crippen LogP contribution >= 0.6 is 11.6 Å². The first-order valence-electron chi connectivity index (χ1n) is 6.09. The maximum absolute atomic E-state index is 11.6. The van der Waals surface area contributed by atoms with Crippen molar-refractivity contribution < 1.29 is 24.5 Å². The zero-order valence-electron chi connectivity index (χ0n) is 11.9. The molecule has 8 heteroatoms. The molecule has 1 aromatic heterocycles. The van der Waals surface area contributed by atoms with Crippen LogP contribution in [0, 0.1) is 0 Å². The molecule has 1 amide bonds. The Balaban J connectivity index is 2.86. The lowest BCUT2D eigenvalue weighted by atomic mass is 10.1. The lowest BCUT2D eigenvalue weighted by Gasteiger charge is -2.27. The minimum absolute atomic E-state index is 0.250. The minimum Gasteiger partial charge on any atom is -0.478 e. The molecule has 0 spiro atoms. The molecule has 1 atom stereocenters. The van der Waals surface area contributed by atoms with Crippen molar-refractivity contribution in [2.24, 2.45) is 0 Å². The summed E-state index contributed by atoms with van der Waals surface area (Å²) < 4.78 is 4.93. The largest absolute Gasteiger partial charge is 0.478 e. The fourth-order valence-electron chi connectivity index (χ4n) is 1.42. The van der Waals surface area contributed by atoms with Crippen molar-refractivity contribution in [2.75, 3.05) is 0 Å². The number of aromatic nitrogens is 1. The van der Waals surface area contributed by atoms with Crippen LogP contribution in [0.5, 0.6) is 0 Å². The Labute approximate surface area is 126 Å². The molecule has 0 bridgehead atoms. The highest BCUT2D eigenvalue weighted by Crippen LogP contribution is 2.14. The Kier molecular flexibility index (Phi) is 5.14. The number of hydrogen-bond acceptors (Lipinski definition) is 5. The SMILES string of the molecule is CC(C)(C)OC(=O)NC(O)(Cc1ccc(Cl)cn1)C(=O)O. The van der Waals surface area contributed by atoms with Crippen molar-refractivity contribution in [1.29, 1.82) is 0 Å². The van der Waals surface area contributed by atoms with Gasteiger partial charge in [0.25, 0.3) is 0 Å². The molecule has 0 aliphatic heterocycles. The molecule has 1 heterocycles. The van der Waals surface area contributed by atoms with Crippen LogP contribution in [0.25, 0.3) is 0 Å². The summed E-state index contributed by atoms with van der Waals surface area (Å²) in [5.74, 6) is -1.62. The van der Waals surface area contributed by atoms with Gasteiger partial charge in [0.05, 0.1) is 5.02 Å². The summed E-state index contributed by atoms with van der Waals surface area (Å²) in [6.45, 7) is 4.85. The quantitative estimate of drug-likeness (QED) is 0.728. The number of hydrogen-bond donors (Lipinski definition) is 3. The Bertz CT molecular complexity index is 526. The van der Waals surface area contributed by atoms with E-state index in [1.54, 1.807) is 20.8 Å². The van der Waals surface area contributed by atoms with Crippen LogP contribution < -0.4 is 5.32 Å². The lowest BCUT2D eigenvalue weighted by molar-refractivity contribution is -0.161. The number of amides is 1. The highest BCUT2D eigenvalue weighted by atomic mass is 35.5. The van der Waals surface area contributed by atoms with E-state index in [0.29, 0.717) is 5.02 Å². The zero-order chi connectivity index (χ0) is 16.3. The number of aliphatic carboxylic acids is 1. The maximum Gasteiger partial charge on any atom is 0.410 e. The van der Waals surface area contributed by atoms with Gasteiger partial charge in [0.1, 0.15) is 5.60 Å². The number of halogens is 1. The van der Waals surface area contributed by atoms with Gasteiger partial charge in [-0.15, -0.1) is 0 Å². The first-order chi connectivity index (χ1) is 9.52. The van der Waals surface area contributed by atoms with Gasteiger partial charge in [-0.25, -0.2) is 9.59 Å². The van der Waals surface area contributed by atoms with Gasteiger partial charge in [-0.3, -0.25) is 10.3 Å². The third-order valence-corrected chi connectivity index (χ3v) is 2.51. The number of rotatable bonds is 4. The fourth-order valence-corrected chi connectivity index (χ4v) is 1.53. The van der Waals surface area contributed by atoms with Crippen molar-refractivity contribution >= 4 is 23.7 Å². The Hall–Kier alpha value is -1.86. The van der Waals surface area contributed by atoms with Gasteiger partial charge >= 0.3 is 12.1 Å². The molecule has 0 radical (unpaired) electrons. The molecule has 0 saturated carbocycles. The molecule has 0 aliphatic carbocycles. The van der Waals surface area contributed by atoms with E-state index in [0.717, 1.165) is 0 Å². The van der Waals surface area contributed by atoms with Crippen LogP contribution in [-0.4, -0.2) is 38.6 Å². The molecule has 7 nitrogen and oxygen atoms in total. The Morgan fingerprint density at radius 3 is 2.43 bits per heavy atom. The van der Waals surface area contributed by atoms with E-state index in [4.69, 9.17) is 21.4 Å². The predicted octanol–water partition coefficient (Wildman–Crippen LogP) is 1.58. The number of nitrogens with one attached hydrogen (secondary N) is 1. The van der Waals surface area contributed by atoms with E-state index in [1.165, 1.54) is 18.3 Å². The summed E-state index contributed by atoms with van der Waals surface area (Å²) in [6.07, 6.45) is -0.160. The summed E-state index contributed by atoms with van der Waals surface area (Å²) in [4.78, 5) is 26.7. The number of aliphatic hydroxyl groups is 1. The Morgan fingerprint density at radius 2 is 2.00 bits per heavy atom. The summed E-state index contributed by atoms with van der Waals surface area (Å²) in [5.41, 5.74) is -3.09. The van der Waals surface area contributed by atoms with E-state index in [2.05, 4.69) is 4.98 Å². The van der Waals surface area contributed by atoms with Crippen LogP contribution in [-0.2, 0) is 16.0 Å². The van der Waals surface area contributed by atoms with E-state index >= 15 is 0 Å². The third-order valence-electron chi connectivity index (χ3n) is 2.29. The van der Waals surface area contributed by atoms with Gasteiger partial charge in [0, 0.05) is 18.3 Å². The molecule has 1 unspecified atom stereocenters. The van der Waals surface area contributed by atoms with Gasteiger partial charge in [-0.1, -0.05) is 11.6 Å². The minimum atomic E-state index is -2.52. The van der Waals surface area contributed by atoms with Crippen molar-refractivity contribution in [1.82, 2.24) is 10.3 Å². The van der Waals surface area contributed by atoms with E-state index < -0.39 is 29.8 Å². The predicted molar refractivity (Wildman–Crippen MR) is 74.9 cm³/mol. The first-order valence-corrected chi connectivity index (χ1v) is 6.47. The third kappa shape index (κ3) is 5.57. The average molecular weight is 317 g/mol. The number of alkyl carbamates (subject to hydrolysis) is 1. The van der Waals surface area contributed by atoms with Crippen LogP contribution in [0.15, 0.2) is 18.3 Å². The first kappa shape index (κ1) is 17.2. The van der Waals surface area contributed by atoms with E-state index in [9.17, 15) is 14.7 Å². The molecule has 3 N–H and O–H groups in total. The van der Waals surface area contributed by atoms with Crippen LogP contribution in [0.4, 0.5) is 4.79 Å². The monoisotopic (exact) mass is 316 g/mol. The number of carbonyl (C=O) groups is 2. The molecule has 116 valence electrons. The van der Waals surface area contributed by atoms with Gasteiger partial charge < -0.3 is 14.9 Å². The van der Waals surface area contributed by atoms with Crippen molar-refractivity contribution in [3.63, 3.8) is 0 Å². The van der Waals surface area contributed by atoms with Gasteiger partial charge in [-0.2, -0.15) is 0 Å². The topological polar surface area (TPSA) is 109 Å². The summed E-state index contributed by atoms with van der Waals surface area (Å²) in [6, 6.07) is 2.95. The maximum atomic E-state index is 11.6. The number of nitrogens with zero attached hydrogens (tertiary/aromatic N) is 1. The second-order valence-electron chi connectivity index (χ2n) is 5.44. The summed E-state index contributed by atoms with van der Waals surface area (Å²) >= 11 is 5.67. The highest BCUT2D eigenvalue weighted by Gasteiger charge is 2.39. The number of carboxylic acid groups (broad SMARTS) is 1. The molecule has 0 aromatic carbocycles. The number of carbonyl (C=O) groups excluding carboxylic acids is 1. The van der Waals surface area contributed by atoms with Crippen LogP contribution in [0.2, 0.25) is 5.02 Å². The molecular weight excluding hydrogens is 300 g/mol. The molecule has 1 aromatic rings. The van der Waals surface area contributed by atoms with Crippen molar-refractivity contribution in [3.05, 3.63) is 29.0 Å². The fraction of sp³-hybridized carbons (Fsp3) is 0.462. The second kappa shape index (κ2) is 6.28. The van der Waals surface area contributed by atoms with Crippen LogP contribution in [0.1, 0.15) is 26.5 Å². The Morgan fingerprint density at radius 1 is 1.38 bits per heavy atom. The van der Waals surface area contributed by atoms with Crippen molar-refractivity contribution in [2.45, 2.75) is 38.5 Å². The van der Waals surface area contributed by atoms with Gasteiger partial charge in [-0.05, 0) is 32.9 Å². The number of ether oxygens (including phenoxy) is 1.